The topological polar surface area (TPSA) is 66.5 Å². The van der Waals surface area contributed by atoms with Crippen molar-refractivity contribution in [1.29, 1.82) is 0 Å². The molecule has 4 rings (SSSR count). The molecule has 0 saturated heterocycles. The zero-order valence-corrected chi connectivity index (χ0v) is 19.3. The Morgan fingerprint density at radius 2 is 1.53 bits per heavy atom. The van der Waals surface area contributed by atoms with Crippen LogP contribution in [-0.4, -0.2) is 32.7 Å². The Bertz CT molecular complexity index is 1170. The van der Waals surface area contributed by atoms with Gasteiger partial charge in [0.15, 0.2) is 0 Å². The van der Waals surface area contributed by atoms with Crippen molar-refractivity contribution in [2.45, 2.75) is 38.3 Å². The zero-order chi connectivity index (χ0) is 22.9. The molecule has 0 fully saturated rings. The minimum atomic E-state index is -3.36. The molecular weight excluding hydrogens is 420 g/mol. The number of fused-ring (bicyclic) bond motifs is 1. The van der Waals surface area contributed by atoms with Crippen molar-refractivity contribution >= 4 is 21.6 Å². The Hall–Kier alpha value is -3.12. The Labute approximate surface area is 190 Å². The number of hydrogen-bond donors (Lipinski definition) is 1. The van der Waals surface area contributed by atoms with Gasteiger partial charge in [0.1, 0.15) is 0 Å². The van der Waals surface area contributed by atoms with Crippen molar-refractivity contribution in [3.8, 4) is 0 Å². The van der Waals surface area contributed by atoms with Gasteiger partial charge in [-0.05, 0) is 55.2 Å². The van der Waals surface area contributed by atoms with Crippen molar-refractivity contribution in [2.75, 3.05) is 10.6 Å². The van der Waals surface area contributed by atoms with Crippen LogP contribution >= 0.6 is 0 Å². The number of anilines is 1. The number of sulfonamides is 1. The van der Waals surface area contributed by atoms with Gasteiger partial charge in [-0.3, -0.25) is 9.10 Å². The van der Waals surface area contributed by atoms with E-state index >= 15 is 0 Å². The van der Waals surface area contributed by atoms with Gasteiger partial charge >= 0.3 is 0 Å². The van der Waals surface area contributed by atoms with E-state index in [2.05, 4.69) is 29.6 Å². The summed E-state index contributed by atoms with van der Waals surface area (Å²) in [6.07, 6.45) is 1.81. The third-order valence-corrected chi connectivity index (χ3v) is 7.30. The Morgan fingerprint density at radius 1 is 0.969 bits per heavy atom. The highest BCUT2D eigenvalue weighted by Crippen LogP contribution is 2.35. The van der Waals surface area contributed by atoms with Gasteiger partial charge in [-0.25, -0.2) is 8.42 Å². The van der Waals surface area contributed by atoms with E-state index < -0.39 is 10.0 Å². The molecule has 2 atom stereocenters. The second-order valence-electron chi connectivity index (χ2n) is 8.52. The minimum absolute atomic E-state index is 0.0107. The van der Waals surface area contributed by atoms with Crippen LogP contribution in [0.15, 0.2) is 78.9 Å². The number of carbonyl (C=O) groups is 1. The van der Waals surface area contributed by atoms with Crippen molar-refractivity contribution in [1.82, 2.24) is 5.32 Å². The number of hydrogen-bond acceptors (Lipinski definition) is 3. The van der Waals surface area contributed by atoms with Crippen LogP contribution in [-0.2, 0) is 16.4 Å². The molecule has 1 aliphatic heterocycles. The van der Waals surface area contributed by atoms with Gasteiger partial charge in [0.25, 0.3) is 5.91 Å². The van der Waals surface area contributed by atoms with Crippen LogP contribution in [0.5, 0.6) is 0 Å². The molecule has 0 aromatic heterocycles. The summed E-state index contributed by atoms with van der Waals surface area (Å²) in [5.41, 5.74) is 4.36. The lowest BCUT2D eigenvalue weighted by molar-refractivity contribution is 0.0937. The van der Waals surface area contributed by atoms with E-state index in [4.69, 9.17) is 0 Å². The molecule has 2 unspecified atom stereocenters. The van der Waals surface area contributed by atoms with Crippen molar-refractivity contribution in [2.24, 2.45) is 0 Å². The number of amides is 1. The summed E-state index contributed by atoms with van der Waals surface area (Å²) in [7, 11) is -3.36. The van der Waals surface area contributed by atoms with Crippen LogP contribution in [0.25, 0.3) is 0 Å². The molecule has 1 aliphatic rings. The van der Waals surface area contributed by atoms with E-state index in [9.17, 15) is 13.2 Å². The largest absolute Gasteiger partial charge is 0.349 e. The van der Waals surface area contributed by atoms with Crippen LogP contribution in [0.1, 0.15) is 46.8 Å². The van der Waals surface area contributed by atoms with E-state index in [0.717, 1.165) is 16.7 Å². The molecule has 6 heteroatoms. The average Bonchev–Trinajstić information content (AvgIpc) is 3.10. The van der Waals surface area contributed by atoms with Crippen molar-refractivity contribution < 1.29 is 13.2 Å². The first-order valence-electron chi connectivity index (χ1n) is 10.8. The number of nitrogens with one attached hydrogen (secondary N) is 1. The van der Waals surface area contributed by atoms with Crippen LogP contribution < -0.4 is 9.62 Å². The summed E-state index contributed by atoms with van der Waals surface area (Å²) in [4.78, 5) is 13.1. The fourth-order valence-corrected chi connectivity index (χ4v) is 5.98. The molecule has 1 amide bonds. The maximum absolute atomic E-state index is 13.1. The normalized spacial score (nSPS) is 16.6. The highest BCUT2D eigenvalue weighted by molar-refractivity contribution is 7.92. The van der Waals surface area contributed by atoms with Gasteiger partial charge in [-0.2, -0.15) is 0 Å². The van der Waals surface area contributed by atoms with Gasteiger partial charge in [0, 0.05) is 23.6 Å². The fourth-order valence-electron chi connectivity index (χ4n) is 4.71. The summed E-state index contributed by atoms with van der Waals surface area (Å²) >= 11 is 0. The summed E-state index contributed by atoms with van der Waals surface area (Å²) in [5, 5.41) is 3.17. The Morgan fingerprint density at radius 3 is 2.06 bits per heavy atom. The van der Waals surface area contributed by atoms with Gasteiger partial charge in [0.2, 0.25) is 10.0 Å². The van der Waals surface area contributed by atoms with Crippen LogP contribution in [0, 0.1) is 0 Å². The molecule has 3 aromatic rings. The van der Waals surface area contributed by atoms with Crippen molar-refractivity contribution in [3.63, 3.8) is 0 Å². The molecule has 1 N–H and O–H groups in total. The van der Waals surface area contributed by atoms with E-state index in [0.29, 0.717) is 17.7 Å². The van der Waals surface area contributed by atoms with Crippen LogP contribution in [0.4, 0.5) is 5.69 Å². The van der Waals surface area contributed by atoms with Gasteiger partial charge < -0.3 is 5.32 Å². The molecule has 5 nitrogen and oxygen atoms in total. The molecule has 0 spiro atoms. The van der Waals surface area contributed by atoms with Gasteiger partial charge in [0.05, 0.1) is 11.9 Å². The summed E-state index contributed by atoms with van der Waals surface area (Å²) in [5.74, 6) is -0.154. The van der Waals surface area contributed by atoms with E-state index in [1.54, 1.807) is 12.1 Å². The van der Waals surface area contributed by atoms with Gasteiger partial charge in [-0.1, -0.05) is 60.7 Å². The first kappa shape index (κ1) is 22.1. The molecule has 0 bridgehead atoms. The second kappa shape index (κ2) is 8.79. The summed E-state index contributed by atoms with van der Waals surface area (Å²) in [6.45, 7) is 3.90. The molecule has 0 saturated carbocycles. The first-order valence-corrected chi connectivity index (χ1v) is 12.6. The average molecular weight is 449 g/mol. The molecular formula is C26H28N2O3S. The van der Waals surface area contributed by atoms with Gasteiger partial charge in [-0.15, -0.1) is 0 Å². The maximum Gasteiger partial charge on any atom is 0.251 e. The monoisotopic (exact) mass is 448 g/mol. The molecule has 0 radical (unpaired) electrons. The van der Waals surface area contributed by atoms with Crippen LogP contribution in [0.2, 0.25) is 0 Å². The molecule has 1 heterocycles. The SMILES string of the molecule is CC(NC(=O)c1ccc2c(c1)CC(C)N2S(C)(=O)=O)C(c1ccccc1)c1ccccc1. The molecule has 3 aromatic carbocycles. The standard InChI is InChI=1S/C26H28N2O3S/c1-18-16-23-17-22(14-15-24(23)28(18)32(3,30)31)26(29)27-19(2)25(20-10-6-4-7-11-20)21-12-8-5-9-13-21/h4-15,17-19,25H,16H2,1-3H3,(H,27,29). The lowest BCUT2D eigenvalue weighted by atomic mass is 9.85. The minimum Gasteiger partial charge on any atom is -0.349 e. The highest BCUT2D eigenvalue weighted by Gasteiger charge is 2.33. The van der Waals surface area contributed by atoms with Crippen LogP contribution in [0.3, 0.4) is 0 Å². The second-order valence-corrected chi connectivity index (χ2v) is 10.4. The Kier molecular flexibility index (Phi) is 6.07. The lowest BCUT2D eigenvalue weighted by Crippen LogP contribution is -2.37. The maximum atomic E-state index is 13.1. The highest BCUT2D eigenvalue weighted by atomic mass is 32.2. The number of rotatable bonds is 6. The first-order chi connectivity index (χ1) is 15.3. The predicted octanol–water partition coefficient (Wildman–Crippen LogP) is 4.35. The van der Waals surface area contributed by atoms with E-state index in [1.807, 2.05) is 56.3 Å². The predicted molar refractivity (Wildman–Crippen MR) is 129 cm³/mol. The summed E-state index contributed by atoms with van der Waals surface area (Å²) < 4.78 is 25.8. The Balaban J connectivity index is 1.59. The third kappa shape index (κ3) is 4.41. The van der Waals surface area contributed by atoms with E-state index in [1.165, 1.54) is 10.6 Å². The molecule has 32 heavy (non-hydrogen) atoms. The number of nitrogens with zero attached hydrogens (tertiary/aromatic N) is 1. The van der Waals surface area contributed by atoms with E-state index in [-0.39, 0.29) is 23.9 Å². The molecule has 0 aliphatic carbocycles. The third-order valence-electron chi connectivity index (χ3n) is 6.03. The zero-order valence-electron chi connectivity index (χ0n) is 18.5. The van der Waals surface area contributed by atoms with Crippen molar-refractivity contribution in [3.05, 3.63) is 101 Å². The smallest absolute Gasteiger partial charge is 0.251 e. The summed E-state index contributed by atoms with van der Waals surface area (Å²) in [6, 6.07) is 25.3. The fraction of sp³-hybridized carbons (Fsp3) is 0.269. The number of benzene rings is 3. The lowest BCUT2D eigenvalue weighted by Gasteiger charge is -2.26. The number of carbonyl (C=O) groups excluding carboxylic acids is 1. The quantitative estimate of drug-likeness (QED) is 0.610. The molecule has 166 valence electrons.